The summed E-state index contributed by atoms with van der Waals surface area (Å²) >= 11 is 4.75. The molecule has 1 aromatic rings. The average Bonchev–Trinajstić information content (AvgIpc) is 2.35. The van der Waals surface area contributed by atoms with Crippen LogP contribution in [0.25, 0.3) is 0 Å². The summed E-state index contributed by atoms with van der Waals surface area (Å²) in [7, 11) is 1.50. The topological polar surface area (TPSA) is 86.3 Å². The quantitative estimate of drug-likeness (QED) is 0.689. The lowest BCUT2D eigenvalue weighted by Gasteiger charge is -2.08. The van der Waals surface area contributed by atoms with E-state index in [0.717, 1.165) is 0 Å². The molecule has 18 heavy (non-hydrogen) atoms. The maximum Gasteiger partial charge on any atom is 0.292 e. The third-order valence-corrected chi connectivity index (χ3v) is 2.43. The van der Waals surface area contributed by atoms with Crippen LogP contribution >= 0.6 is 12.2 Å². The van der Waals surface area contributed by atoms with Gasteiger partial charge in [0.1, 0.15) is 0 Å². The van der Waals surface area contributed by atoms with Crippen LogP contribution in [0.15, 0.2) is 23.1 Å². The van der Waals surface area contributed by atoms with E-state index in [1.807, 2.05) is 0 Å². The summed E-state index contributed by atoms with van der Waals surface area (Å²) in [5, 5.41) is 2.40. The van der Waals surface area contributed by atoms with E-state index in [4.69, 9.17) is 22.7 Å². The zero-order valence-electron chi connectivity index (χ0n) is 10.0. The molecular weight excluding hydrogens is 254 g/mol. The first-order chi connectivity index (χ1) is 8.54. The van der Waals surface area contributed by atoms with E-state index < -0.39 is 0 Å². The first-order valence-electron chi connectivity index (χ1n) is 5.35. The molecule has 0 fully saturated rings. The Kier molecular flexibility index (Phi) is 5.31. The zero-order chi connectivity index (χ0) is 13.5. The predicted octanol–water partition coefficient (Wildman–Crippen LogP) is -0.351. The van der Waals surface area contributed by atoms with Crippen LogP contribution in [0.2, 0.25) is 0 Å². The van der Waals surface area contributed by atoms with Crippen molar-refractivity contribution in [2.45, 2.75) is 13.0 Å². The lowest BCUT2D eigenvalue weighted by atomic mass is 10.4. The van der Waals surface area contributed by atoms with Crippen molar-refractivity contribution in [1.82, 2.24) is 9.88 Å². The molecule has 1 amide bonds. The van der Waals surface area contributed by atoms with E-state index in [2.05, 4.69) is 5.32 Å². The largest absolute Gasteiger partial charge is 0.478 e. The smallest absolute Gasteiger partial charge is 0.292 e. The van der Waals surface area contributed by atoms with Crippen LogP contribution < -0.4 is 21.3 Å². The fraction of sp³-hybridized carbons (Fsp3) is 0.364. The maximum atomic E-state index is 11.9. The fourth-order valence-corrected chi connectivity index (χ4v) is 1.34. The van der Waals surface area contributed by atoms with Crippen molar-refractivity contribution in [1.29, 1.82) is 0 Å². The Bertz CT molecular complexity index is 499. The van der Waals surface area contributed by atoms with Gasteiger partial charge in [0.25, 0.3) is 11.5 Å². The van der Waals surface area contributed by atoms with Gasteiger partial charge in [0, 0.05) is 26.2 Å². The summed E-state index contributed by atoms with van der Waals surface area (Å²) < 4.78 is 6.57. The van der Waals surface area contributed by atoms with Gasteiger partial charge < -0.3 is 20.4 Å². The Hall–Kier alpha value is -1.89. The van der Waals surface area contributed by atoms with E-state index in [9.17, 15) is 9.59 Å². The second kappa shape index (κ2) is 6.75. The molecule has 0 atom stereocenters. The second-order valence-corrected chi connectivity index (χ2v) is 4.07. The van der Waals surface area contributed by atoms with Gasteiger partial charge in [0.05, 0.1) is 4.99 Å². The van der Waals surface area contributed by atoms with Crippen LogP contribution in [0.1, 0.15) is 6.42 Å². The summed E-state index contributed by atoms with van der Waals surface area (Å²) in [5.41, 5.74) is 5.07. The molecule has 0 unspecified atom stereocenters. The molecule has 7 heteroatoms. The van der Waals surface area contributed by atoms with Gasteiger partial charge in [-0.1, -0.05) is 12.2 Å². The first-order valence-corrected chi connectivity index (χ1v) is 5.76. The fourth-order valence-electron chi connectivity index (χ4n) is 1.25. The molecule has 0 aliphatic carbocycles. The molecular formula is C11H15N3O3S. The molecule has 0 bridgehead atoms. The Morgan fingerprint density at radius 3 is 2.94 bits per heavy atom. The Labute approximate surface area is 110 Å². The number of carbonyl (C=O) groups excluding carboxylic acids is 1. The van der Waals surface area contributed by atoms with Crippen molar-refractivity contribution in [3.63, 3.8) is 0 Å². The van der Waals surface area contributed by atoms with Gasteiger partial charge in [0.2, 0.25) is 0 Å². The van der Waals surface area contributed by atoms with Crippen molar-refractivity contribution >= 4 is 23.1 Å². The van der Waals surface area contributed by atoms with Crippen LogP contribution in [-0.4, -0.2) is 29.1 Å². The standard InChI is InChI=1S/C11H15N3O3S/c1-13-10(15)7-17-8-3-2-5-14(11(8)16)6-4-9(12)18/h2-3,5H,4,6-7H2,1H3,(H2,12,18)(H,13,15). The average molecular weight is 269 g/mol. The molecule has 1 heterocycles. The van der Waals surface area contributed by atoms with Crippen LogP contribution in [0, 0.1) is 0 Å². The zero-order valence-corrected chi connectivity index (χ0v) is 10.8. The molecule has 3 N–H and O–H groups in total. The van der Waals surface area contributed by atoms with E-state index in [-0.39, 0.29) is 23.8 Å². The monoisotopic (exact) mass is 269 g/mol. The first kappa shape index (κ1) is 14.2. The van der Waals surface area contributed by atoms with E-state index in [0.29, 0.717) is 18.0 Å². The third-order valence-electron chi connectivity index (χ3n) is 2.22. The lowest BCUT2D eigenvalue weighted by molar-refractivity contribution is -0.122. The van der Waals surface area contributed by atoms with Gasteiger partial charge in [-0.2, -0.15) is 0 Å². The van der Waals surface area contributed by atoms with Gasteiger partial charge in [-0.05, 0) is 12.1 Å². The van der Waals surface area contributed by atoms with Gasteiger partial charge in [-0.15, -0.1) is 0 Å². The maximum absolute atomic E-state index is 11.9. The normalized spacial score (nSPS) is 9.83. The highest BCUT2D eigenvalue weighted by atomic mass is 32.1. The summed E-state index contributed by atoms with van der Waals surface area (Å²) in [4.78, 5) is 23.3. The number of nitrogens with zero attached hydrogens (tertiary/aromatic N) is 1. The van der Waals surface area contributed by atoms with Crippen molar-refractivity contribution < 1.29 is 9.53 Å². The van der Waals surface area contributed by atoms with E-state index >= 15 is 0 Å². The van der Waals surface area contributed by atoms with Crippen molar-refractivity contribution in [3.05, 3.63) is 28.7 Å². The summed E-state index contributed by atoms with van der Waals surface area (Å²) in [6.45, 7) is 0.205. The molecule has 0 aliphatic heterocycles. The number of likely N-dealkylation sites (N-methyl/N-ethyl adjacent to an activating group) is 1. The summed E-state index contributed by atoms with van der Waals surface area (Å²) in [5.74, 6) is -0.169. The van der Waals surface area contributed by atoms with Crippen LogP contribution in [-0.2, 0) is 11.3 Å². The highest BCUT2D eigenvalue weighted by Crippen LogP contribution is 2.02. The van der Waals surface area contributed by atoms with Gasteiger partial charge in [0.15, 0.2) is 12.4 Å². The second-order valence-electron chi connectivity index (χ2n) is 3.55. The summed E-state index contributed by atoms with van der Waals surface area (Å²) in [6, 6.07) is 3.18. The Balaban J connectivity index is 2.75. The molecule has 98 valence electrons. The van der Waals surface area contributed by atoms with Crippen LogP contribution in [0.4, 0.5) is 0 Å². The highest BCUT2D eigenvalue weighted by molar-refractivity contribution is 7.80. The number of pyridine rings is 1. The predicted molar refractivity (Wildman–Crippen MR) is 71.7 cm³/mol. The lowest BCUT2D eigenvalue weighted by Crippen LogP contribution is -2.28. The number of nitrogens with two attached hydrogens (primary N) is 1. The molecule has 0 saturated heterocycles. The molecule has 0 spiro atoms. The number of hydrogen-bond donors (Lipinski definition) is 2. The van der Waals surface area contributed by atoms with Crippen LogP contribution in [0.3, 0.4) is 0 Å². The van der Waals surface area contributed by atoms with E-state index in [1.165, 1.54) is 17.7 Å². The number of thiocarbonyl (C=S) groups is 1. The third kappa shape index (κ3) is 4.17. The molecule has 0 radical (unpaired) electrons. The molecule has 1 aromatic heterocycles. The summed E-state index contributed by atoms with van der Waals surface area (Å²) in [6.07, 6.45) is 2.06. The number of rotatable bonds is 6. The minimum Gasteiger partial charge on any atom is -0.478 e. The number of hydrogen-bond acceptors (Lipinski definition) is 4. The highest BCUT2D eigenvalue weighted by Gasteiger charge is 2.06. The molecule has 0 saturated carbocycles. The Morgan fingerprint density at radius 1 is 1.61 bits per heavy atom. The molecule has 0 aliphatic rings. The molecule has 6 nitrogen and oxygen atoms in total. The number of aromatic nitrogens is 1. The minimum absolute atomic E-state index is 0.129. The SMILES string of the molecule is CNC(=O)COc1cccn(CCC(N)=S)c1=O. The van der Waals surface area contributed by atoms with Crippen molar-refractivity contribution in [2.24, 2.45) is 5.73 Å². The Morgan fingerprint density at radius 2 is 2.33 bits per heavy atom. The van der Waals surface area contributed by atoms with Crippen LogP contribution in [0.5, 0.6) is 5.75 Å². The van der Waals surface area contributed by atoms with Gasteiger partial charge >= 0.3 is 0 Å². The molecule has 0 aromatic carbocycles. The van der Waals surface area contributed by atoms with Crippen molar-refractivity contribution in [2.75, 3.05) is 13.7 Å². The van der Waals surface area contributed by atoms with E-state index in [1.54, 1.807) is 12.3 Å². The van der Waals surface area contributed by atoms with Gasteiger partial charge in [-0.25, -0.2) is 0 Å². The van der Waals surface area contributed by atoms with Gasteiger partial charge in [-0.3, -0.25) is 9.59 Å². The minimum atomic E-state index is -0.308. The number of carbonyl (C=O) groups is 1. The number of ether oxygens (including phenoxy) is 1. The number of aryl methyl sites for hydroxylation is 1. The van der Waals surface area contributed by atoms with Crippen molar-refractivity contribution in [3.8, 4) is 5.75 Å². The molecule has 1 rings (SSSR count). The number of nitrogens with one attached hydrogen (secondary N) is 1. The number of amides is 1.